The third-order valence-electron chi connectivity index (χ3n) is 4.51. The van der Waals surface area contributed by atoms with E-state index in [4.69, 9.17) is 11.6 Å². The Hall–Kier alpha value is -3.45. The van der Waals surface area contributed by atoms with Gasteiger partial charge in [0, 0.05) is 30.7 Å². The molecule has 1 atom stereocenters. The zero-order valence-corrected chi connectivity index (χ0v) is 16.2. The zero-order valence-electron chi connectivity index (χ0n) is 15.5. The van der Waals surface area contributed by atoms with Crippen LogP contribution in [0.15, 0.2) is 73.3 Å². The summed E-state index contributed by atoms with van der Waals surface area (Å²) >= 11 is 5.91. The molecule has 2 heterocycles. The summed E-state index contributed by atoms with van der Waals surface area (Å²) in [6, 6.07) is 12.6. The third kappa shape index (κ3) is 4.05. The van der Waals surface area contributed by atoms with Gasteiger partial charge in [0.15, 0.2) is 0 Å². The van der Waals surface area contributed by atoms with Crippen molar-refractivity contribution in [1.29, 1.82) is 0 Å². The molecule has 0 radical (unpaired) electrons. The molecule has 2 aromatic carbocycles. The molecule has 146 valence electrons. The second-order valence-corrected chi connectivity index (χ2v) is 6.94. The first-order valence-corrected chi connectivity index (χ1v) is 9.23. The number of aromatic nitrogens is 4. The lowest BCUT2D eigenvalue weighted by atomic mass is 10.1. The molecule has 1 unspecified atom stereocenters. The predicted molar refractivity (Wildman–Crippen MR) is 107 cm³/mol. The van der Waals surface area contributed by atoms with Gasteiger partial charge in [0.1, 0.15) is 17.7 Å². The molecule has 0 saturated carbocycles. The van der Waals surface area contributed by atoms with Crippen LogP contribution in [0.4, 0.5) is 4.39 Å². The summed E-state index contributed by atoms with van der Waals surface area (Å²) in [6.07, 6.45) is 6.50. The third-order valence-corrected chi connectivity index (χ3v) is 4.76. The van der Waals surface area contributed by atoms with Crippen molar-refractivity contribution in [2.45, 2.75) is 6.04 Å². The number of hydrogen-bond donors (Lipinski definition) is 1. The van der Waals surface area contributed by atoms with Crippen LogP contribution < -0.4 is 5.32 Å². The summed E-state index contributed by atoms with van der Waals surface area (Å²) in [7, 11) is 1.82. The Morgan fingerprint density at radius 3 is 2.69 bits per heavy atom. The van der Waals surface area contributed by atoms with Crippen molar-refractivity contribution in [3.8, 4) is 5.69 Å². The zero-order chi connectivity index (χ0) is 20.4. The molecule has 0 aliphatic heterocycles. The number of aryl methyl sites for hydroxylation is 1. The molecule has 0 aliphatic rings. The van der Waals surface area contributed by atoms with Gasteiger partial charge in [-0.1, -0.05) is 23.7 Å². The van der Waals surface area contributed by atoms with Crippen molar-refractivity contribution < 1.29 is 9.18 Å². The number of rotatable bonds is 5. The van der Waals surface area contributed by atoms with Crippen molar-refractivity contribution in [2.24, 2.45) is 7.05 Å². The van der Waals surface area contributed by atoms with Crippen molar-refractivity contribution in [3.05, 3.63) is 101 Å². The lowest BCUT2D eigenvalue weighted by Gasteiger charge is -2.19. The number of benzene rings is 2. The molecule has 0 aliphatic carbocycles. The molecular formula is C21H17ClFN5O. The Balaban J connectivity index is 1.62. The molecule has 0 saturated heterocycles. The van der Waals surface area contributed by atoms with E-state index in [1.807, 2.05) is 7.05 Å². The maximum atomic E-state index is 13.8. The van der Waals surface area contributed by atoms with Crippen LogP contribution in [0.25, 0.3) is 5.69 Å². The first kappa shape index (κ1) is 18.9. The van der Waals surface area contributed by atoms with E-state index in [2.05, 4.69) is 15.4 Å². The molecule has 6 nitrogen and oxygen atoms in total. The lowest BCUT2D eigenvalue weighted by Crippen LogP contribution is -2.31. The number of halogens is 2. The number of carbonyl (C=O) groups excluding carboxylic acids is 1. The number of hydrogen-bond acceptors (Lipinski definition) is 3. The van der Waals surface area contributed by atoms with E-state index < -0.39 is 6.04 Å². The van der Waals surface area contributed by atoms with Crippen molar-refractivity contribution >= 4 is 17.5 Å². The van der Waals surface area contributed by atoms with Gasteiger partial charge in [-0.3, -0.25) is 4.79 Å². The Kier molecular flexibility index (Phi) is 5.14. The standard InChI is InChI=1S/C21H17ClFN5O/c1-27-10-9-24-20(27)19(14-3-2-4-17(23)11-14)26-21(29)15-12-25-28(13-15)18-7-5-16(22)6-8-18/h2-13,19H,1H3,(H,26,29). The van der Waals surface area contributed by atoms with Crippen LogP contribution in [0, 0.1) is 5.82 Å². The van der Waals surface area contributed by atoms with Gasteiger partial charge < -0.3 is 9.88 Å². The lowest BCUT2D eigenvalue weighted by molar-refractivity contribution is 0.0941. The van der Waals surface area contributed by atoms with E-state index in [9.17, 15) is 9.18 Å². The number of imidazole rings is 1. The molecule has 0 bridgehead atoms. The van der Waals surface area contributed by atoms with Gasteiger partial charge in [-0.25, -0.2) is 14.1 Å². The Morgan fingerprint density at radius 1 is 1.21 bits per heavy atom. The average molecular weight is 410 g/mol. The number of carbonyl (C=O) groups is 1. The highest BCUT2D eigenvalue weighted by Crippen LogP contribution is 2.22. The molecule has 2 aromatic heterocycles. The maximum absolute atomic E-state index is 13.8. The Morgan fingerprint density at radius 2 is 2.00 bits per heavy atom. The molecule has 4 rings (SSSR count). The van der Waals surface area contributed by atoms with E-state index in [-0.39, 0.29) is 11.7 Å². The van der Waals surface area contributed by atoms with E-state index in [1.54, 1.807) is 64.2 Å². The van der Waals surface area contributed by atoms with Crippen molar-refractivity contribution in [2.75, 3.05) is 0 Å². The van der Waals surface area contributed by atoms with Crippen LogP contribution >= 0.6 is 11.6 Å². The monoisotopic (exact) mass is 409 g/mol. The predicted octanol–water partition coefficient (Wildman–Crippen LogP) is 3.92. The number of nitrogens with one attached hydrogen (secondary N) is 1. The highest BCUT2D eigenvalue weighted by molar-refractivity contribution is 6.30. The molecule has 4 aromatic rings. The van der Waals surface area contributed by atoms with Crippen molar-refractivity contribution in [1.82, 2.24) is 24.6 Å². The summed E-state index contributed by atoms with van der Waals surface area (Å²) in [4.78, 5) is 17.2. The largest absolute Gasteiger partial charge is 0.338 e. The Bertz CT molecular complexity index is 1150. The molecule has 1 N–H and O–H groups in total. The summed E-state index contributed by atoms with van der Waals surface area (Å²) in [5.41, 5.74) is 1.74. The fraction of sp³-hybridized carbons (Fsp3) is 0.0952. The fourth-order valence-electron chi connectivity index (χ4n) is 3.03. The van der Waals surface area contributed by atoms with Gasteiger partial charge in [0.25, 0.3) is 5.91 Å². The summed E-state index contributed by atoms with van der Waals surface area (Å²) in [5.74, 6) is -0.136. The van der Waals surface area contributed by atoms with E-state index >= 15 is 0 Å². The second kappa shape index (κ2) is 7.89. The maximum Gasteiger partial charge on any atom is 0.255 e. The van der Waals surface area contributed by atoms with Crippen LogP contribution in [-0.4, -0.2) is 25.2 Å². The first-order valence-electron chi connectivity index (χ1n) is 8.85. The van der Waals surface area contributed by atoms with E-state index in [1.165, 1.54) is 18.3 Å². The molecule has 29 heavy (non-hydrogen) atoms. The summed E-state index contributed by atoms with van der Waals surface area (Å²) in [6.45, 7) is 0. The topological polar surface area (TPSA) is 64.7 Å². The minimum absolute atomic E-state index is 0.345. The van der Waals surface area contributed by atoms with E-state index in [0.29, 0.717) is 22.0 Å². The number of nitrogens with zero attached hydrogens (tertiary/aromatic N) is 4. The normalized spacial score (nSPS) is 12.0. The summed E-state index contributed by atoms with van der Waals surface area (Å²) in [5, 5.41) is 7.79. The van der Waals surface area contributed by atoms with Gasteiger partial charge in [-0.2, -0.15) is 5.10 Å². The van der Waals surface area contributed by atoms with Gasteiger partial charge in [0.05, 0.1) is 17.4 Å². The first-order chi connectivity index (χ1) is 14.0. The quantitative estimate of drug-likeness (QED) is 0.543. The smallest absolute Gasteiger partial charge is 0.255 e. The fourth-order valence-corrected chi connectivity index (χ4v) is 3.15. The highest BCUT2D eigenvalue weighted by Gasteiger charge is 2.22. The van der Waals surface area contributed by atoms with Crippen LogP contribution in [0.5, 0.6) is 0 Å². The minimum Gasteiger partial charge on any atom is -0.338 e. The summed E-state index contributed by atoms with van der Waals surface area (Å²) < 4.78 is 17.2. The van der Waals surface area contributed by atoms with Crippen LogP contribution in [0.3, 0.4) is 0 Å². The molecule has 0 spiro atoms. The van der Waals surface area contributed by atoms with Crippen LogP contribution in [-0.2, 0) is 7.05 Å². The minimum atomic E-state index is -0.614. The van der Waals surface area contributed by atoms with E-state index in [0.717, 1.165) is 5.69 Å². The molecular weight excluding hydrogens is 393 g/mol. The highest BCUT2D eigenvalue weighted by atomic mass is 35.5. The molecule has 0 fully saturated rings. The van der Waals surface area contributed by atoms with Crippen molar-refractivity contribution in [3.63, 3.8) is 0 Å². The van der Waals surface area contributed by atoms with Gasteiger partial charge >= 0.3 is 0 Å². The number of amides is 1. The molecule has 8 heteroatoms. The second-order valence-electron chi connectivity index (χ2n) is 6.51. The average Bonchev–Trinajstić information content (AvgIpc) is 3.36. The van der Waals surface area contributed by atoms with Gasteiger partial charge in [-0.05, 0) is 42.0 Å². The van der Waals surface area contributed by atoms with Gasteiger partial charge in [-0.15, -0.1) is 0 Å². The Labute approximate surface area is 171 Å². The van der Waals surface area contributed by atoms with Crippen LogP contribution in [0.2, 0.25) is 5.02 Å². The van der Waals surface area contributed by atoms with Gasteiger partial charge in [0.2, 0.25) is 0 Å². The van der Waals surface area contributed by atoms with Crippen LogP contribution in [0.1, 0.15) is 27.8 Å². The SMILES string of the molecule is Cn1ccnc1C(NC(=O)c1cnn(-c2ccc(Cl)cc2)c1)c1cccc(F)c1. The molecule has 1 amide bonds.